The Morgan fingerprint density at radius 3 is 2.50 bits per heavy atom. The maximum absolute atomic E-state index is 11.0. The number of nitrogens with zero attached hydrogens (tertiary/aromatic N) is 2. The molecule has 0 spiro atoms. The first-order valence-corrected chi connectivity index (χ1v) is 5.53. The molecule has 0 aliphatic carbocycles. The second-order valence-corrected chi connectivity index (χ2v) is 4.15. The summed E-state index contributed by atoms with van der Waals surface area (Å²) in [6.45, 7) is 0.376. The fourth-order valence-electron chi connectivity index (χ4n) is 1.54. The molecule has 2 aromatic rings. The number of hydrogen-bond acceptors (Lipinski definition) is 3. The van der Waals surface area contributed by atoms with Crippen molar-refractivity contribution in [2.75, 3.05) is 0 Å². The van der Waals surface area contributed by atoms with Gasteiger partial charge in [0.25, 0.3) is 5.69 Å². The predicted molar refractivity (Wildman–Crippen MR) is 67.9 cm³/mol. The van der Waals surface area contributed by atoms with Crippen LogP contribution in [0.25, 0.3) is 0 Å². The summed E-state index contributed by atoms with van der Waals surface area (Å²) in [6, 6.07) is 7.13. The van der Waals surface area contributed by atoms with Crippen LogP contribution < -0.4 is 5.43 Å². The van der Waals surface area contributed by atoms with Gasteiger partial charge in [0.15, 0.2) is 5.43 Å². The number of hydrogen-bond donors (Lipinski definition) is 0. The average Bonchev–Trinajstić information content (AvgIpc) is 2.34. The third-order valence-electron chi connectivity index (χ3n) is 2.45. The predicted octanol–water partition coefficient (Wildman–Crippen LogP) is 2.46. The van der Waals surface area contributed by atoms with Crippen LogP contribution in [-0.2, 0) is 6.54 Å². The highest BCUT2D eigenvalue weighted by Crippen LogP contribution is 2.22. The molecular weight excluding hydrogens is 256 g/mol. The Hall–Kier alpha value is -2.14. The van der Waals surface area contributed by atoms with Crippen LogP contribution in [0.2, 0.25) is 5.02 Å². The van der Waals surface area contributed by atoms with Crippen LogP contribution >= 0.6 is 11.6 Å². The zero-order valence-electron chi connectivity index (χ0n) is 9.25. The van der Waals surface area contributed by atoms with Gasteiger partial charge in [0.1, 0.15) is 0 Å². The molecule has 5 nitrogen and oxygen atoms in total. The van der Waals surface area contributed by atoms with Crippen molar-refractivity contribution in [2.24, 2.45) is 0 Å². The molecular formula is C12H9ClN2O3. The van der Waals surface area contributed by atoms with Crippen LogP contribution in [0.15, 0.2) is 47.5 Å². The van der Waals surface area contributed by atoms with Crippen LogP contribution in [0.5, 0.6) is 0 Å². The summed E-state index contributed by atoms with van der Waals surface area (Å²) in [7, 11) is 0. The van der Waals surface area contributed by atoms with Crippen molar-refractivity contribution in [1.29, 1.82) is 0 Å². The maximum atomic E-state index is 11.0. The molecule has 0 fully saturated rings. The van der Waals surface area contributed by atoms with Gasteiger partial charge in [0, 0.05) is 48.2 Å². The van der Waals surface area contributed by atoms with Gasteiger partial charge in [-0.2, -0.15) is 0 Å². The molecule has 18 heavy (non-hydrogen) atoms. The Bertz CT molecular complexity index is 632. The number of rotatable bonds is 3. The highest BCUT2D eigenvalue weighted by Gasteiger charge is 2.09. The van der Waals surface area contributed by atoms with Gasteiger partial charge in [-0.3, -0.25) is 14.9 Å². The molecule has 92 valence electrons. The minimum absolute atomic E-state index is 0.00422. The minimum Gasteiger partial charge on any atom is -0.350 e. The molecule has 1 heterocycles. The maximum Gasteiger partial charge on any atom is 0.269 e. The van der Waals surface area contributed by atoms with E-state index in [9.17, 15) is 14.9 Å². The molecule has 0 saturated heterocycles. The Morgan fingerprint density at radius 1 is 1.22 bits per heavy atom. The molecule has 0 saturated carbocycles. The largest absolute Gasteiger partial charge is 0.350 e. The average molecular weight is 265 g/mol. The SMILES string of the molecule is O=c1ccn(Cc2cc([N+](=O)[O-])ccc2Cl)cc1. The van der Waals surface area contributed by atoms with Gasteiger partial charge >= 0.3 is 0 Å². The Balaban J connectivity index is 2.33. The molecule has 1 aromatic heterocycles. The number of aromatic nitrogens is 1. The van der Waals surface area contributed by atoms with E-state index in [0.29, 0.717) is 17.1 Å². The fraction of sp³-hybridized carbons (Fsp3) is 0.0833. The number of nitro benzene ring substituents is 1. The Labute approximate surface area is 107 Å². The Kier molecular flexibility index (Phi) is 3.43. The summed E-state index contributed by atoms with van der Waals surface area (Å²) in [6.07, 6.45) is 3.22. The van der Waals surface area contributed by atoms with E-state index in [0.717, 1.165) is 0 Å². The topological polar surface area (TPSA) is 65.1 Å². The van der Waals surface area contributed by atoms with Gasteiger partial charge in [-0.05, 0) is 11.6 Å². The summed E-state index contributed by atoms with van der Waals surface area (Å²) < 4.78 is 1.73. The molecule has 6 heteroatoms. The summed E-state index contributed by atoms with van der Waals surface area (Å²) in [5, 5.41) is 11.1. The van der Waals surface area contributed by atoms with E-state index in [1.54, 1.807) is 17.0 Å². The first kappa shape index (κ1) is 12.3. The fourth-order valence-corrected chi connectivity index (χ4v) is 1.72. The van der Waals surface area contributed by atoms with E-state index in [-0.39, 0.29) is 11.1 Å². The van der Waals surface area contributed by atoms with Crippen molar-refractivity contribution in [3.05, 3.63) is 73.6 Å². The minimum atomic E-state index is -0.467. The lowest BCUT2D eigenvalue weighted by Gasteiger charge is -2.07. The van der Waals surface area contributed by atoms with E-state index in [1.807, 2.05) is 0 Å². The van der Waals surface area contributed by atoms with Crippen molar-refractivity contribution >= 4 is 17.3 Å². The lowest BCUT2D eigenvalue weighted by atomic mass is 10.2. The molecule has 1 aromatic carbocycles. The van der Waals surface area contributed by atoms with Crippen LogP contribution in [0.4, 0.5) is 5.69 Å². The monoisotopic (exact) mass is 264 g/mol. The van der Waals surface area contributed by atoms with E-state index < -0.39 is 4.92 Å². The number of benzene rings is 1. The molecule has 0 unspecified atom stereocenters. The summed E-state index contributed by atoms with van der Waals surface area (Å²) in [5.74, 6) is 0. The zero-order valence-corrected chi connectivity index (χ0v) is 10.0. The van der Waals surface area contributed by atoms with E-state index >= 15 is 0 Å². The summed E-state index contributed by atoms with van der Waals surface area (Å²) in [4.78, 5) is 21.2. The summed E-state index contributed by atoms with van der Waals surface area (Å²) >= 11 is 5.98. The van der Waals surface area contributed by atoms with Crippen LogP contribution in [-0.4, -0.2) is 9.49 Å². The van der Waals surface area contributed by atoms with Gasteiger partial charge in [0.2, 0.25) is 0 Å². The molecule has 2 rings (SSSR count). The molecule has 0 atom stereocenters. The smallest absolute Gasteiger partial charge is 0.269 e. The summed E-state index contributed by atoms with van der Waals surface area (Å²) in [5.41, 5.74) is 0.543. The Morgan fingerprint density at radius 2 is 1.89 bits per heavy atom. The van der Waals surface area contributed by atoms with E-state index in [2.05, 4.69) is 0 Å². The lowest BCUT2D eigenvalue weighted by molar-refractivity contribution is -0.384. The van der Waals surface area contributed by atoms with Crippen LogP contribution in [0, 0.1) is 10.1 Å². The number of halogens is 1. The van der Waals surface area contributed by atoms with Crippen molar-refractivity contribution in [3.63, 3.8) is 0 Å². The standard InChI is InChI=1S/C12H9ClN2O3/c13-12-2-1-10(15(17)18)7-9(12)8-14-5-3-11(16)4-6-14/h1-7H,8H2. The highest BCUT2D eigenvalue weighted by molar-refractivity contribution is 6.31. The molecule has 0 radical (unpaired) electrons. The second-order valence-electron chi connectivity index (χ2n) is 3.74. The highest BCUT2D eigenvalue weighted by atomic mass is 35.5. The molecule has 0 aliphatic rings. The quantitative estimate of drug-likeness (QED) is 0.632. The van der Waals surface area contributed by atoms with E-state index in [4.69, 9.17) is 11.6 Å². The second kappa shape index (κ2) is 5.01. The zero-order chi connectivity index (χ0) is 13.1. The van der Waals surface area contributed by atoms with Gasteiger partial charge in [0.05, 0.1) is 4.92 Å². The van der Waals surface area contributed by atoms with Gasteiger partial charge in [-0.1, -0.05) is 11.6 Å². The molecule has 0 amide bonds. The van der Waals surface area contributed by atoms with E-state index in [1.165, 1.54) is 30.3 Å². The van der Waals surface area contributed by atoms with Gasteiger partial charge in [-0.15, -0.1) is 0 Å². The normalized spacial score (nSPS) is 10.3. The first-order valence-electron chi connectivity index (χ1n) is 5.15. The van der Waals surface area contributed by atoms with Crippen molar-refractivity contribution < 1.29 is 4.92 Å². The van der Waals surface area contributed by atoms with Crippen molar-refractivity contribution in [1.82, 2.24) is 4.57 Å². The number of nitro groups is 1. The van der Waals surface area contributed by atoms with Crippen LogP contribution in [0.3, 0.4) is 0 Å². The third kappa shape index (κ3) is 2.75. The van der Waals surface area contributed by atoms with Gasteiger partial charge in [-0.25, -0.2) is 0 Å². The lowest BCUT2D eigenvalue weighted by Crippen LogP contribution is -2.05. The van der Waals surface area contributed by atoms with Crippen molar-refractivity contribution in [2.45, 2.75) is 6.54 Å². The molecule has 0 bridgehead atoms. The van der Waals surface area contributed by atoms with Crippen LogP contribution in [0.1, 0.15) is 5.56 Å². The van der Waals surface area contributed by atoms with Crippen molar-refractivity contribution in [3.8, 4) is 0 Å². The first-order chi connectivity index (χ1) is 8.56. The third-order valence-corrected chi connectivity index (χ3v) is 2.82. The molecule has 0 N–H and O–H groups in total. The number of non-ortho nitro benzene ring substituents is 1. The molecule has 0 aliphatic heterocycles. The number of pyridine rings is 1. The van der Waals surface area contributed by atoms with Gasteiger partial charge < -0.3 is 4.57 Å².